The molecule has 0 bridgehead atoms. The van der Waals surface area contributed by atoms with Gasteiger partial charge in [0, 0.05) is 19.2 Å². The van der Waals surface area contributed by atoms with Crippen LogP contribution in [0, 0.1) is 10.8 Å². The third-order valence-corrected chi connectivity index (χ3v) is 2.86. The Bertz CT molecular complexity index is 259. The minimum atomic E-state index is -0.844. The molecule has 0 aromatic rings. The van der Waals surface area contributed by atoms with E-state index in [4.69, 9.17) is 5.11 Å². The summed E-state index contributed by atoms with van der Waals surface area (Å²) >= 11 is 0. The van der Waals surface area contributed by atoms with E-state index in [2.05, 4.69) is 33.0 Å². The Morgan fingerprint density at radius 2 is 1.71 bits per heavy atom. The van der Waals surface area contributed by atoms with Crippen LogP contribution in [0.4, 0.5) is 0 Å². The van der Waals surface area contributed by atoms with E-state index in [-0.39, 0.29) is 10.8 Å². The topological polar surface area (TPSA) is 49.3 Å². The van der Waals surface area contributed by atoms with Crippen LogP contribution in [0.3, 0.4) is 0 Å². The van der Waals surface area contributed by atoms with E-state index < -0.39 is 5.97 Å². The van der Waals surface area contributed by atoms with Gasteiger partial charge in [-0.25, -0.2) is 4.79 Å². The molecule has 80 valence electrons. The molecule has 0 spiro atoms. The summed E-state index contributed by atoms with van der Waals surface area (Å²) in [6, 6.07) is 0. The van der Waals surface area contributed by atoms with Gasteiger partial charge in [-0.3, -0.25) is 0 Å². The Balaban J connectivity index is 3.10. The van der Waals surface area contributed by atoms with Gasteiger partial charge >= 0.3 is 5.97 Å². The van der Waals surface area contributed by atoms with E-state index in [9.17, 15) is 4.79 Å². The zero-order valence-corrected chi connectivity index (χ0v) is 9.35. The zero-order chi connectivity index (χ0) is 11.0. The van der Waals surface area contributed by atoms with Crippen molar-refractivity contribution < 1.29 is 9.90 Å². The van der Waals surface area contributed by atoms with Crippen LogP contribution in [-0.4, -0.2) is 24.2 Å². The van der Waals surface area contributed by atoms with Gasteiger partial charge in [-0.1, -0.05) is 27.7 Å². The number of nitrogens with one attached hydrogen (secondary N) is 1. The predicted molar refractivity (Wildman–Crippen MR) is 56.2 cm³/mol. The Morgan fingerprint density at radius 3 is 2.07 bits per heavy atom. The lowest BCUT2D eigenvalue weighted by atomic mass is 9.67. The molecule has 14 heavy (non-hydrogen) atoms. The molecule has 3 nitrogen and oxygen atoms in total. The second kappa shape index (κ2) is 3.39. The lowest BCUT2D eigenvalue weighted by Crippen LogP contribution is -2.48. The van der Waals surface area contributed by atoms with Gasteiger partial charge in [0.25, 0.3) is 0 Å². The number of aliphatic carboxylic acids is 1. The van der Waals surface area contributed by atoms with Crippen LogP contribution in [-0.2, 0) is 4.79 Å². The fraction of sp³-hybridized carbons (Fsp3) is 0.727. The summed E-state index contributed by atoms with van der Waals surface area (Å²) in [6.07, 6.45) is 1.38. The van der Waals surface area contributed by atoms with Crippen LogP contribution in [0.5, 0.6) is 0 Å². The average Bonchev–Trinajstić information content (AvgIpc) is 1.96. The molecule has 0 amide bonds. The molecule has 0 radical (unpaired) electrons. The van der Waals surface area contributed by atoms with Crippen molar-refractivity contribution in [3.05, 3.63) is 11.6 Å². The lowest BCUT2D eigenvalue weighted by molar-refractivity contribution is -0.131. The Kier molecular flexibility index (Phi) is 2.72. The van der Waals surface area contributed by atoms with Crippen molar-refractivity contribution in [2.24, 2.45) is 10.8 Å². The quantitative estimate of drug-likeness (QED) is 0.628. The largest absolute Gasteiger partial charge is 0.478 e. The number of carboxylic acid groups (broad SMARTS) is 1. The van der Waals surface area contributed by atoms with Gasteiger partial charge in [0.2, 0.25) is 0 Å². The first-order chi connectivity index (χ1) is 6.26. The van der Waals surface area contributed by atoms with Crippen molar-refractivity contribution in [3.63, 3.8) is 0 Å². The molecule has 1 aliphatic heterocycles. The number of carbonyl (C=O) groups is 1. The maximum Gasteiger partial charge on any atom is 0.328 e. The normalized spacial score (nSPS) is 24.4. The van der Waals surface area contributed by atoms with Gasteiger partial charge in [-0.05, 0) is 16.4 Å². The Labute approximate surface area is 85.2 Å². The molecule has 0 aromatic heterocycles. The maximum absolute atomic E-state index is 10.7. The van der Waals surface area contributed by atoms with Crippen molar-refractivity contribution in [2.45, 2.75) is 27.7 Å². The predicted octanol–water partition coefficient (Wildman–Crippen LogP) is 1.65. The molecule has 0 atom stereocenters. The SMILES string of the molecule is CC1(C)CNCC(C)(C)C1=CC(=O)O. The standard InChI is InChI=1S/C11H19NO2/c1-10(2)6-12-7-11(3,4)8(10)5-9(13)14/h5,12H,6-7H2,1-4H3,(H,13,14). The van der Waals surface area contributed by atoms with E-state index in [0.717, 1.165) is 18.7 Å². The zero-order valence-electron chi connectivity index (χ0n) is 9.35. The van der Waals surface area contributed by atoms with Gasteiger partial charge < -0.3 is 10.4 Å². The van der Waals surface area contributed by atoms with Crippen molar-refractivity contribution in [2.75, 3.05) is 13.1 Å². The van der Waals surface area contributed by atoms with E-state index >= 15 is 0 Å². The highest BCUT2D eigenvalue weighted by Gasteiger charge is 2.38. The first kappa shape index (κ1) is 11.2. The van der Waals surface area contributed by atoms with Crippen molar-refractivity contribution in [1.29, 1.82) is 0 Å². The molecule has 2 N–H and O–H groups in total. The number of carboxylic acids is 1. The number of hydrogen-bond donors (Lipinski definition) is 2. The van der Waals surface area contributed by atoms with Gasteiger partial charge in [0.05, 0.1) is 0 Å². The monoisotopic (exact) mass is 197 g/mol. The van der Waals surface area contributed by atoms with Crippen molar-refractivity contribution >= 4 is 5.97 Å². The number of hydrogen-bond acceptors (Lipinski definition) is 2. The summed E-state index contributed by atoms with van der Waals surface area (Å²) in [5.41, 5.74) is 0.886. The van der Waals surface area contributed by atoms with Gasteiger partial charge in [0.15, 0.2) is 0 Å². The molecule has 1 heterocycles. The van der Waals surface area contributed by atoms with Crippen molar-refractivity contribution in [1.82, 2.24) is 5.32 Å². The second-order valence-corrected chi connectivity index (χ2v) is 5.27. The summed E-state index contributed by atoms with van der Waals surface area (Å²) in [4.78, 5) is 10.7. The molecule has 3 heteroatoms. The van der Waals surface area contributed by atoms with Gasteiger partial charge in [0.1, 0.15) is 0 Å². The molecular weight excluding hydrogens is 178 g/mol. The smallest absolute Gasteiger partial charge is 0.328 e. The molecule has 1 aliphatic rings. The molecule has 0 aliphatic carbocycles. The Hall–Kier alpha value is -0.830. The number of piperidine rings is 1. The van der Waals surface area contributed by atoms with Crippen molar-refractivity contribution in [3.8, 4) is 0 Å². The summed E-state index contributed by atoms with van der Waals surface area (Å²) < 4.78 is 0. The molecular formula is C11H19NO2. The average molecular weight is 197 g/mol. The second-order valence-electron chi connectivity index (χ2n) is 5.27. The number of rotatable bonds is 1. The van der Waals surface area contributed by atoms with E-state index in [0.29, 0.717) is 0 Å². The third kappa shape index (κ3) is 2.15. The van der Waals surface area contributed by atoms with E-state index in [1.807, 2.05) is 0 Å². The summed E-state index contributed by atoms with van der Waals surface area (Å²) in [5.74, 6) is -0.844. The minimum Gasteiger partial charge on any atom is -0.478 e. The van der Waals surface area contributed by atoms with E-state index in [1.165, 1.54) is 6.08 Å². The van der Waals surface area contributed by atoms with Crippen LogP contribution in [0.2, 0.25) is 0 Å². The first-order valence-electron chi connectivity index (χ1n) is 4.92. The summed E-state index contributed by atoms with van der Waals surface area (Å²) in [5, 5.41) is 12.2. The summed E-state index contributed by atoms with van der Waals surface area (Å²) in [7, 11) is 0. The highest BCUT2D eigenvalue weighted by Crippen LogP contribution is 2.41. The fourth-order valence-corrected chi connectivity index (χ4v) is 2.31. The molecule has 1 rings (SSSR count). The fourth-order valence-electron chi connectivity index (χ4n) is 2.31. The first-order valence-corrected chi connectivity index (χ1v) is 4.92. The summed E-state index contributed by atoms with van der Waals surface area (Å²) in [6.45, 7) is 10.0. The highest BCUT2D eigenvalue weighted by molar-refractivity contribution is 5.81. The molecule has 1 fully saturated rings. The van der Waals surface area contributed by atoms with Gasteiger partial charge in [-0.2, -0.15) is 0 Å². The third-order valence-electron chi connectivity index (χ3n) is 2.86. The Morgan fingerprint density at radius 1 is 1.29 bits per heavy atom. The molecule has 0 aromatic carbocycles. The van der Waals surface area contributed by atoms with Crippen LogP contribution in [0.1, 0.15) is 27.7 Å². The van der Waals surface area contributed by atoms with Crippen LogP contribution < -0.4 is 5.32 Å². The van der Waals surface area contributed by atoms with Crippen LogP contribution in [0.25, 0.3) is 0 Å². The van der Waals surface area contributed by atoms with Crippen LogP contribution >= 0.6 is 0 Å². The highest BCUT2D eigenvalue weighted by atomic mass is 16.4. The molecule has 1 saturated heterocycles. The molecule has 0 saturated carbocycles. The van der Waals surface area contributed by atoms with Crippen LogP contribution in [0.15, 0.2) is 11.6 Å². The lowest BCUT2D eigenvalue weighted by Gasteiger charge is -2.44. The maximum atomic E-state index is 10.7. The minimum absolute atomic E-state index is 0.0693. The molecule has 0 unspecified atom stereocenters. The van der Waals surface area contributed by atoms with E-state index in [1.54, 1.807) is 0 Å². The van der Waals surface area contributed by atoms with Gasteiger partial charge in [-0.15, -0.1) is 0 Å².